The summed E-state index contributed by atoms with van der Waals surface area (Å²) in [6.45, 7) is 6.40. The predicted octanol–water partition coefficient (Wildman–Crippen LogP) is 2.48. The molecule has 0 amide bonds. The molecule has 1 saturated carbocycles. The molecule has 0 radical (unpaired) electrons. The van der Waals surface area contributed by atoms with Crippen LogP contribution in [-0.2, 0) is 4.79 Å². The maximum atomic E-state index is 12.3. The second-order valence-corrected chi connectivity index (χ2v) is 6.38. The fourth-order valence-electron chi connectivity index (χ4n) is 2.91. The van der Waals surface area contributed by atoms with Crippen molar-refractivity contribution in [3.63, 3.8) is 0 Å². The monoisotopic (exact) mass is 255 g/mol. The number of hydrogen-bond donors (Lipinski definition) is 1. The third-order valence-corrected chi connectivity index (χ3v) is 4.12. The average Bonchev–Trinajstić information content (AvgIpc) is 2.31. The molecule has 3 heteroatoms. The van der Waals surface area contributed by atoms with Crippen molar-refractivity contribution >= 4 is 5.78 Å². The van der Waals surface area contributed by atoms with Crippen LogP contribution in [0, 0.1) is 11.3 Å². The van der Waals surface area contributed by atoms with E-state index in [4.69, 9.17) is 5.11 Å². The number of ketones is 1. The smallest absolute Gasteiger partial charge is 0.142 e. The summed E-state index contributed by atoms with van der Waals surface area (Å²) in [6.07, 6.45) is 6.36. The Hall–Kier alpha value is -0.410. The molecule has 1 rings (SSSR count). The lowest BCUT2D eigenvalue weighted by Gasteiger charge is -2.35. The van der Waals surface area contributed by atoms with Gasteiger partial charge in [-0.15, -0.1) is 0 Å². The zero-order valence-corrected chi connectivity index (χ0v) is 12.2. The number of rotatable bonds is 7. The van der Waals surface area contributed by atoms with Gasteiger partial charge in [0.05, 0.1) is 0 Å². The van der Waals surface area contributed by atoms with Gasteiger partial charge in [0.2, 0.25) is 0 Å². The lowest BCUT2D eigenvalue weighted by Crippen LogP contribution is -2.41. The van der Waals surface area contributed by atoms with Crippen LogP contribution in [0.15, 0.2) is 0 Å². The molecule has 1 atom stereocenters. The maximum absolute atomic E-state index is 12.3. The van der Waals surface area contributed by atoms with Gasteiger partial charge in [0.25, 0.3) is 0 Å². The molecule has 0 heterocycles. The number of aliphatic hydroxyl groups excluding tert-OH is 1. The second kappa shape index (κ2) is 7.25. The first kappa shape index (κ1) is 15.6. The first-order valence-corrected chi connectivity index (χ1v) is 7.31. The van der Waals surface area contributed by atoms with Gasteiger partial charge in [0.1, 0.15) is 5.78 Å². The van der Waals surface area contributed by atoms with Crippen LogP contribution in [0.3, 0.4) is 0 Å². The fourth-order valence-corrected chi connectivity index (χ4v) is 2.91. The normalized spacial score (nSPS) is 23.6. The van der Waals surface area contributed by atoms with E-state index in [1.165, 1.54) is 6.42 Å². The van der Waals surface area contributed by atoms with E-state index in [0.29, 0.717) is 12.4 Å². The number of hydrogen-bond acceptors (Lipinski definition) is 3. The third kappa shape index (κ3) is 4.69. The van der Waals surface area contributed by atoms with E-state index in [2.05, 4.69) is 25.8 Å². The number of nitrogens with zero attached hydrogens (tertiary/aromatic N) is 1. The van der Waals surface area contributed by atoms with Crippen molar-refractivity contribution in [1.29, 1.82) is 0 Å². The SMILES string of the molecule is CN(CCCCCO)CC1CCCC(C)(C)C1=O. The van der Waals surface area contributed by atoms with Crippen LogP contribution in [0.2, 0.25) is 0 Å². The predicted molar refractivity (Wildman–Crippen MR) is 74.6 cm³/mol. The molecule has 1 aliphatic carbocycles. The fraction of sp³-hybridized carbons (Fsp3) is 0.933. The minimum atomic E-state index is -0.110. The molecule has 0 aromatic heterocycles. The zero-order valence-electron chi connectivity index (χ0n) is 12.2. The number of carbonyl (C=O) groups is 1. The molecular weight excluding hydrogens is 226 g/mol. The van der Waals surface area contributed by atoms with Gasteiger partial charge >= 0.3 is 0 Å². The summed E-state index contributed by atoms with van der Waals surface area (Å²) in [7, 11) is 2.10. The number of unbranched alkanes of at least 4 members (excludes halogenated alkanes) is 2. The van der Waals surface area contributed by atoms with Crippen molar-refractivity contribution in [2.45, 2.75) is 52.4 Å². The van der Waals surface area contributed by atoms with Crippen molar-refractivity contribution in [3.8, 4) is 0 Å². The zero-order chi connectivity index (χ0) is 13.6. The number of Topliss-reactive ketones (excluding diaryl/α,β-unsaturated/α-hetero) is 1. The topological polar surface area (TPSA) is 40.5 Å². The molecule has 1 fully saturated rings. The Kier molecular flexibility index (Phi) is 6.30. The van der Waals surface area contributed by atoms with Crippen molar-refractivity contribution in [2.75, 3.05) is 26.7 Å². The van der Waals surface area contributed by atoms with E-state index in [9.17, 15) is 4.79 Å². The highest BCUT2D eigenvalue weighted by Gasteiger charge is 2.37. The van der Waals surface area contributed by atoms with Crippen LogP contribution in [0.4, 0.5) is 0 Å². The van der Waals surface area contributed by atoms with Crippen molar-refractivity contribution in [3.05, 3.63) is 0 Å². The molecule has 1 aliphatic rings. The minimum absolute atomic E-state index is 0.110. The van der Waals surface area contributed by atoms with Crippen LogP contribution in [0.1, 0.15) is 52.4 Å². The lowest BCUT2D eigenvalue weighted by atomic mass is 9.71. The van der Waals surface area contributed by atoms with Crippen LogP contribution in [0.25, 0.3) is 0 Å². The summed E-state index contributed by atoms with van der Waals surface area (Å²) in [4.78, 5) is 14.6. The Balaban J connectivity index is 2.30. The average molecular weight is 255 g/mol. The van der Waals surface area contributed by atoms with Gasteiger partial charge in [0, 0.05) is 24.5 Å². The summed E-state index contributed by atoms with van der Waals surface area (Å²) in [6, 6.07) is 0. The summed E-state index contributed by atoms with van der Waals surface area (Å²) >= 11 is 0. The molecule has 1 N–H and O–H groups in total. The second-order valence-electron chi connectivity index (χ2n) is 6.38. The van der Waals surface area contributed by atoms with Gasteiger partial charge in [-0.05, 0) is 45.7 Å². The molecule has 1 unspecified atom stereocenters. The largest absolute Gasteiger partial charge is 0.396 e. The number of carbonyl (C=O) groups excluding carboxylic acids is 1. The van der Waals surface area contributed by atoms with Gasteiger partial charge in [0.15, 0.2) is 0 Å². The van der Waals surface area contributed by atoms with Crippen molar-refractivity contribution < 1.29 is 9.90 Å². The van der Waals surface area contributed by atoms with Gasteiger partial charge in [-0.1, -0.05) is 20.3 Å². The van der Waals surface area contributed by atoms with Gasteiger partial charge in [-0.3, -0.25) is 4.79 Å². The van der Waals surface area contributed by atoms with Crippen LogP contribution < -0.4 is 0 Å². The van der Waals surface area contributed by atoms with Gasteiger partial charge in [-0.25, -0.2) is 0 Å². The highest BCUT2D eigenvalue weighted by atomic mass is 16.2. The van der Waals surface area contributed by atoms with Crippen LogP contribution in [-0.4, -0.2) is 42.5 Å². The third-order valence-electron chi connectivity index (χ3n) is 4.12. The Morgan fingerprint density at radius 2 is 2.06 bits per heavy atom. The quantitative estimate of drug-likeness (QED) is 0.711. The summed E-state index contributed by atoms with van der Waals surface area (Å²) in [5.41, 5.74) is -0.110. The summed E-state index contributed by atoms with van der Waals surface area (Å²) in [5.74, 6) is 0.688. The van der Waals surface area contributed by atoms with Crippen LogP contribution in [0.5, 0.6) is 0 Å². The van der Waals surface area contributed by atoms with Gasteiger partial charge < -0.3 is 10.0 Å². The molecule has 18 heavy (non-hydrogen) atoms. The molecule has 0 aliphatic heterocycles. The molecule has 0 saturated heterocycles. The molecule has 0 bridgehead atoms. The number of aliphatic hydroxyl groups is 1. The lowest BCUT2D eigenvalue weighted by molar-refractivity contribution is -0.134. The highest BCUT2D eigenvalue weighted by molar-refractivity contribution is 5.87. The summed E-state index contributed by atoms with van der Waals surface area (Å²) in [5, 5.41) is 8.73. The Labute approximate surface area is 112 Å². The van der Waals surface area contributed by atoms with E-state index in [-0.39, 0.29) is 11.3 Å². The molecule has 106 valence electrons. The Morgan fingerprint density at radius 1 is 1.33 bits per heavy atom. The first-order chi connectivity index (χ1) is 8.47. The van der Waals surface area contributed by atoms with Crippen molar-refractivity contribution in [2.24, 2.45) is 11.3 Å². The summed E-state index contributed by atoms with van der Waals surface area (Å²) < 4.78 is 0. The van der Waals surface area contributed by atoms with Crippen LogP contribution >= 0.6 is 0 Å². The maximum Gasteiger partial charge on any atom is 0.142 e. The molecule has 3 nitrogen and oxygen atoms in total. The minimum Gasteiger partial charge on any atom is -0.396 e. The standard InChI is InChI=1S/C15H29NO2/c1-15(2)9-7-8-13(14(15)18)12-16(3)10-5-4-6-11-17/h13,17H,4-12H2,1-3H3. The van der Waals surface area contributed by atoms with Crippen molar-refractivity contribution in [1.82, 2.24) is 4.90 Å². The van der Waals surface area contributed by atoms with E-state index >= 15 is 0 Å². The van der Waals surface area contributed by atoms with E-state index in [0.717, 1.165) is 45.2 Å². The first-order valence-electron chi connectivity index (χ1n) is 7.31. The Morgan fingerprint density at radius 3 is 2.72 bits per heavy atom. The molecule has 0 aromatic carbocycles. The molecular formula is C15H29NO2. The van der Waals surface area contributed by atoms with E-state index in [1.54, 1.807) is 0 Å². The Bertz CT molecular complexity index is 263. The van der Waals surface area contributed by atoms with Gasteiger partial charge in [-0.2, -0.15) is 0 Å². The van der Waals surface area contributed by atoms with E-state index in [1.807, 2.05) is 0 Å². The van der Waals surface area contributed by atoms with E-state index < -0.39 is 0 Å². The molecule has 0 aromatic rings. The highest BCUT2D eigenvalue weighted by Crippen LogP contribution is 2.35. The molecule has 0 spiro atoms.